The number of amides is 1. The highest BCUT2D eigenvalue weighted by Gasteiger charge is 2.42. The lowest BCUT2D eigenvalue weighted by atomic mass is 9.79. The van der Waals surface area contributed by atoms with Gasteiger partial charge in [0.15, 0.2) is 0 Å². The second-order valence-corrected chi connectivity index (χ2v) is 8.63. The van der Waals surface area contributed by atoms with Gasteiger partial charge in [0, 0.05) is 31.6 Å². The van der Waals surface area contributed by atoms with Crippen molar-refractivity contribution < 1.29 is 4.79 Å². The monoisotopic (exact) mass is 346 g/mol. The number of hydrogen-bond acceptors (Lipinski definition) is 4. The number of nitrogens with zero attached hydrogens (tertiary/aromatic N) is 2. The fourth-order valence-corrected chi connectivity index (χ4v) is 5.42. The van der Waals surface area contributed by atoms with Crippen LogP contribution in [0.25, 0.3) is 0 Å². The number of likely N-dealkylation sites (tertiary alicyclic amines) is 2. The van der Waals surface area contributed by atoms with Crippen LogP contribution in [0.3, 0.4) is 0 Å². The Hall–Kier alpha value is -1.17. The summed E-state index contributed by atoms with van der Waals surface area (Å²) in [4.78, 5) is 18.2. The summed E-state index contributed by atoms with van der Waals surface area (Å²) in [6.45, 7) is 5.21. The molecule has 2 aliphatic heterocycles. The molecule has 122 valence electrons. The summed E-state index contributed by atoms with van der Waals surface area (Å²) in [5, 5.41) is 6.40. The zero-order valence-electron chi connectivity index (χ0n) is 13.2. The first-order valence-corrected chi connectivity index (χ1v) is 10.1. The van der Waals surface area contributed by atoms with E-state index in [2.05, 4.69) is 26.6 Å². The van der Waals surface area contributed by atoms with E-state index in [4.69, 9.17) is 0 Å². The maximum atomic E-state index is 12.7. The van der Waals surface area contributed by atoms with Gasteiger partial charge in [-0.25, -0.2) is 0 Å². The van der Waals surface area contributed by atoms with Crippen molar-refractivity contribution in [1.82, 2.24) is 9.80 Å². The van der Waals surface area contributed by atoms with Gasteiger partial charge in [-0.3, -0.25) is 9.69 Å². The van der Waals surface area contributed by atoms with Crippen molar-refractivity contribution in [3.05, 3.63) is 44.8 Å². The highest BCUT2D eigenvalue weighted by Crippen LogP contribution is 2.40. The third-order valence-corrected chi connectivity index (χ3v) is 6.77. The Bertz CT molecular complexity index is 653. The lowest BCUT2D eigenvalue weighted by Crippen LogP contribution is -2.47. The van der Waals surface area contributed by atoms with Crippen molar-refractivity contribution in [2.75, 3.05) is 26.2 Å². The largest absolute Gasteiger partial charge is 0.337 e. The van der Waals surface area contributed by atoms with Crippen LogP contribution in [0.2, 0.25) is 0 Å². The summed E-state index contributed by atoms with van der Waals surface area (Å²) >= 11 is 3.33. The Kier molecular flexibility index (Phi) is 4.26. The molecule has 0 N–H and O–H groups in total. The Labute approximate surface area is 145 Å². The van der Waals surface area contributed by atoms with E-state index in [1.54, 1.807) is 22.7 Å². The van der Waals surface area contributed by atoms with Gasteiger partial charge in [-0.15, -0.1) is 11.3 Å². The lowest BCUT2D eigenvalue weighted by molar-refractivity contribution is 0.0531. The topological polar surface area (TPSA) is 23.6 Å². The molecule has 3 nitrogen and oxygen atoms in total. The standard InChI is InChI=1S/C18H22N2OS2/c21-17(16-3-1-9-23-16)20-7-2-5-18(14-20)6-8-19(13-18)11-15-4-10-22-12-15/h1,3-4,9-10,12H,2,5-8,11,13-14H2. The van der Waals surface area contributed by atoms with Gasteiger partial charge in [-0.2, -0.15) is 11.3 Å². The van der Waals surface area contributed by atoms with Crippen LogP contribution < -0.4 is 0 Å². The van der Waals surface area contributed by atoms with Crippen molar-refractivity contribution >= 4 is 28.6 Å². The highest BCUT2D eigenvalue weighted by atomic mass is 32.1. The van der Waals surface area contributed by atoms with Gasteiger partial charge in [0.2, 0.25) is 0 Å². The van der Waals surface area contributed by atoms with E-state index in [0.29, 0.717) is 5.41 Å². The van der Waals surface area contributed by atoms with Crippen molar-refractivity contribution in [3.63, 3.8) is 0 Å². The zero-order valence-corrected chi connectivity index (χ0v) is 14.9. The predicted molar refractivity (Wildman–Crippen MR) is 96.1 cm³/mol. The summed E-state index contributed by atoms with van der Waals surface area (Å²) in [6.07, 6.45) is 3.64. The molecule has 1 spiro atoms. The zero-order chi connectivity index (χ0) is 15.7. The molecule has 2 fully saturated rings. The Balaban J connectivity index is 1.42. The third kappa shape index (κ3) is 3.23. The normalized spacial score (nSPS) is 25.3. The first kappa shape index (κ1) is 15.4. The second-order valence-electron chi connectivity index (χ2n) is 6.90. The minimum absolute atomic E-state index is 0.232. The molecule has 0 saturated carbocycles. The number of rotatable bonds is 3. The molecule has 2 aromatic heterocycles. The molecule has 1 atom stereocenters. The van der Waals surface area contributed by atoms with Gasteiger partial charge in [0.05, 0.1) is 4.88 Å². The van der Waals surface area contributed by atoms with E-state index in [1.807, 2.05) is 17.5 Å². The molecule has 2 aliphatic rings. The van der Waals surface area contributed by atoms with E-state index in [1.165, 1.54) is 18.4 Å². The molecule has 0 radical (unpaired) electrons. The Morgan fingerprint density at radius 3 is 2.91 bits per heavy atom. The molecule has 2 aromatic rings. The fraction of sp³-hybridized carbons (Fsp3) is 0.500. The van der Waals surface area contributed by atoms with Crippen molar-refractivity contribution in [3.8, 4) is 0 Å². The summed E-state index contributed by atoms with van der Waals surface area (Å²) in [5.74, 6) is 0.232. The Morgan fingerprint density at radius 1 is 1.17 bits per heavy atom. The van der Waals surface area contributed by atoms with Crippen LogP contribution >= 0.6 is 22.7 Å². The van der Waals surface area contributed by atoms with Crippen molar-refractivity contribution in [1.29, 1.82) is 0 Å². The number of thiophene rings is 2. The molecule has 4 heterocycles. The van der Waals surface area contributed by atoms with Crippen LogP contribution in [0.4, 0.5) is 0 Å². The molecule has 0 aromatic carbocycles. The van der Waals surface area contributed by atoms with Crippen LogP contribution in [0, 0.1) is 5.41 Å². The van der Waals surface area contributed by atoms with Crippen molar-refractivity contribution in [2.45, 2.75) is 25.8 Å². The quantitative estimate of drug-likeness (QED) is 0.840. The van der Waals surface area contributed by atoms with Gasteiger partial charge in [-0.1, -0.05) is 6.07 Å². The van der Waals surface area contributed by atoms with E-state index in [9.17, 15) is 4.79 Å². The highest BCUT2D eigenvalue weighted by molar-refractivity contribution is 7.12. The molecule has 1 unspecified atom stereocenters. The number of carbonyl (C=O) groups excluding carboxylic acids is 1. The van der Waals surface area contributed by atoms with Crippen molar-refractivity contribution in [2.24, 2.45) is 5.41 Å². The van der Waals surface area contributed by atoms with Gasteiger partial charge >= 0.3 is 0 Å². The average molecular weight is 347 g/mol. The average Bonchev–Trinajstić information content (AvgIpc) is 3.30. The first-order valence-electron chi connectivity index (χ1n) is 8.30. The summed E-state index contributed by atoms with van der Waals surface area (Å²) < 4.78 is 0. The van der Waals surface area contributed by atoms with Gasteiger partial charge in [-0.05, 0) is 59.6 Å². The van der Waals surface area contributed by atoms with Crippen LogP contribution in [0.15, 0.2) is 34.3 Å². The van der Waals surface area contributed by atoms with E-state index >= 15 is 0 Å². The van der Waals surface area contributed by atoms with E-state index in [0.717, 1.165) is 44.0 Å². The SMILES string of the molecule is O=C(c1cccs1)N1CCCC2(CCN(Cc3ccsc3)C2)C1. The maximum Gasteiger partial charge on any atom is 0.263 e. The van der Waals surface area contributed by atoms with Crippen LogP contribution in [0.5, 0.6) is 0 Å². The van der Waals surface area contributed by atoms with Crippen LogP contribution in [0.1, 0.15) is 34.5 Å². The smallest absolute Gasteiger partial charge is 0.263 e. The fourth-order valence-electron chi connectivity index (χ4n) is 4.07. The van der Waals surface area contributed by atoms with Crippen LogP contribution in [-0.4, -0.2) is 41.9 Å². The van der Waals surface area contributed by atoms with Gasteiger partial charge in [0.25, 0.3) is 5.91 Å². The molecule has 4 rings (SSSR count). The second kappa shape index (κ2) is 6.38. The first-order chi connectivity index (χ1) is 11.2. The molecular formula is C18H22N2OS2. The Morgan fingerprint density at radius 2 is 2.13 bits per heavy atom. The minimum Gasteiger partial charge on any atom is -0.337 e. The molecular weight excluding hydrogens is 324 g/mol. The van der Waals surface area contributed by atoms with Gasteiger partial charge < -0.3 is 4.90 Å². The molecule has 5 heteroatoms. The minimum atomic E-state index is 0.232. The molecule has 23 heavy (non-hydrogen) atoms. The number of piperidine rings is 1. The van der Waals surface area contributed by atoms with E-state index < -0.39 is 0 Å². The number of hydrogen-bond donors (Lipinski definition) is 0. The summed E-state index contributed by atoms with van der Waals surface area (Å²) in [6, 6.07) is 6.14. The third-order valence-electron chi connectivity index (χ3n) is 5.18. The molecule has 0 aliphatic carbocycles. The van der Waals surface area contributed by atoms with E-state index in [-0.39, 0.29) is 5.91 Å². The molecule has 2 saturated heterocycles. The summed E-state index contributed by atoms with van der Waals surface area (Å²) in [7, 11) is 0. The molecule has 0 bridgehead atoms. The lowest BCUT2D eigenvalue weighted by Gasteiger charge is -2.40. The maximum absolute atomic E-state index is 12.7. The molecule has 1 amide bonds. The summed E-state index contributed by atoms with van der Waals surface area (Å²) in [5.41, 5.74) is 1.75. The predicted octanol–water partition coefficient (Wildman–Crippen LogP) is 3.94. The van der Waals surface area contributed by atoms with Gasteiger partial charge in [0.1, 0.15) is 0 Å². The number of carbonyl (C=O) groups is 1. The van der Waals surface area contributed by atoms with Crippen LogP contribution in [-0.2, 0) is 6.54 Å².